The van der Waals surface area contributed by atoms with Gasteiger partial charge in [0.15, 0.2) is 0 Å². The van der Waals surface area contributed by atoms with Gasteiger partial charge in [-0.2, -0.15) is 0 Å². The number of hydrogen-bond donors (Lipinski definition) is 1. The van der Waals surface area contributed by atoms with E-state index < -0.39 is 34.4 Å². The van der Waals surface area contributed by atoms with Crippen molar-refractivity contribution >= 4 is 62.3 Å². The standard InChI is InChI=1S/C36H38Cl3N3O5S/c1-5-25(3)40-36(44)33(20-26-10-7-6-8-11-26)41(22-29-30(37)12-9-13-31(29)38)35(43)23-42(27-16-19-34(47-4)32(39)21-27)48(45,46)28-17-14-24(2)15-18-28/h6-19,21,25,33H,5,20,22-23H2,1-4H3,(H,40,44)/t25-,33-/m1/s1. The molecule has 48 heavy (non-hydrogen) atoms. The predicted molar refractivity (Wildman–Crippen MR) is 193 cm³/mol. The minimum Gasteiger partial charge on any atom is -0.495 e. The van der Waals surface area contributed by atoms with Crippen LogP contribution in [0.3, 0.4) is 0 Å². The first-order valence-electron chi connectivity index (χ1n) is 15.3. The van der Waals surface area contributed by atoms with Crippen molar-refractivity contribution in [3.05, 3.63) is 123 Å². The van der Waals surface area contributed by atoms with Crippen LogP contribution in [0.2, 0.25) is 15.1 Å². The fourth-order valence-corrected chi connectivity index (χ4v) is 7.20. The van der Waals surface area contributed by atoms with Crippen molar-refractivity contribution in [2.45, 2.75) is 57.1 Å². The number of rotatable bonds is 14. The van der Waals surface area contributed by atoms with Crippen LogP contribution in [0.15, 0.2) is 95.9 Å². The monoisotopic (exact) mass is 729 g/mol. The third-order valence-corrected chi connectivity index (χ3v) is 10.8. The van der Waals surface area contributed by atoms with E-state index in [-0.39, 0.29) is 34.6 Å². The van der Waals surface area contributed by atoms with E-state index in [1.165, 1.54) is 42.3 Å². The lowest BCUT2D eigenvalue weighted by Gasteiger charge is -2.34. The quantitative estimate of drug-likeness (QED) is 0.143. The summed E-state index contributed by atoms with van der Waals surface area (Å²) in [6, 6.07) is 23.8. The summed E-state index contributed by atoms with van der Waals surface area (Å²) in [6.07, 6.45) is 0.810. The van der Waals surface area contributed by atoms with Crippen molar-refractivity contribution in [2.75, 3.05) is 18.0 Å². The average molecular weight is 731 g/mol. The first kappa shape index (κ1) is 37.1. The number of nitrogens with one attached hydrogen (secondary N) is 1. The van der Waals surface area contributed by atoms with Crippen LogP contribution in [0.1, 0.15) is 37.0 Å². The summed E-state index contributed by atoms with van der Waals surface area (Å²) in [7, 11) is -2.87. The Kier molecular flexibility index (Phi) is 12.8. The first-order chi connectivity index (χ1) is 22.8. The Hall–Kier alpha value is -3.76. The van der Waals surface area contributed by atoms with Crippen LogP contribution in [0.4, 0.5) is 5.69 Å². The maximum Gasteiger partial charge on any atom is 0.264 e. The molecule has 0 saturated carbocycles. The van der Waals surface area contributed by atoms with Crippen LogP contribution < -0.4 is 14.4 Å². The first-order valence-corrected chi connectivity index (χ1v) is 17.9. The molecule has 0 heterocycles. The molecule has 0 radical (unpaired) electrons. The number of hydrogen-bond acceptors (Lipinski definition) is 5. The van der Waals surface area contributed by atoms with E-state index in [1.807, 2.05) is 51.1 Å². The number of sulfonamides is 1. The Balaban J connectivity index is 1.87. The Morgan fingerprint density at radius 3 is 2.10 bits per heavy atom. The molecule has 0 aliphatic carbocycles. The van der Waals surface area contributed by atoms with Gasteiger partial charge in [0.05, 0.1) is 22.7 Å². The van der Waals surface area contributed by atoms with E-state index in [1.54, 1.807) is 30.3 Å². The summed E-state index contributed by atoms with van der Waals surface area (Å²) in [4.78, 5) is 30.0. The van der Waals surface area contributed by atoms with E-state index >= 15 is 0 Å². The van der Waals surface area contributed by atoms with Crippen molar-refractivity contribution < 1.29 is 22.7 Å². The molecule has 0 fully saturated rings. The zero-order valence-electron chi connectivity index (χ0n) is 27.1. The molecule has 0 unspecified atom stereocenters. The van der Waals surface area contributed by atoms with Gasteiger partial charge < -0.3 is 15.0 Å². The Morgan fingerprint density at radius 1 is 0.875 bits per heavy atom. The number of aryl methyl sites for hydroxylation is 1. The zero-order chi connectivity index (χ0) is 35.0. The topological polar surface area (TPSA) is 96.0 Å². The molecular formula is C36H38Cl3N3O5S. The largest absolute Gasteiger partial charge is 0.495 e. The van der Waals surface area contributed by atoms with Gasteiger partial charge in [-0.05, 0) is 68.3 Å². The van der Waals surface area contributed by atoms with Crippen molar-refractivity contribution in [3.63, 3.8) is 0 Å². The maximum absolute atomic E-state index is 14.7. The van der Waals surface area contributed by atoms with Gasteiger partial charge in [-0.1, -0.05) is 95.8 Å². The molecule has 0 saturated heterocycles. The molecule has 0 bridgehead atoms. The summed E-state index contributed by atoms with van der Waals surface area (Å²) in [5.74, 6) is -0.724. The highest BCUT2D eigenvalue weighted by atomic mass is 35.5. The molecule has 1 N–H and O–H groups in total. The fraction of sp³-hybridized carbons (Fsp3) is 0.278. The lowest BCUT2D eigenvalue weighted by molar-refractivity contribution is -0.140. The summed E-state index contributed by atoms with van der Waals surface area (Å²) < 4.78 is 34.8. The number of carbonyl (C=O) groups is 2. The summed E-state index contributed by atoms with van der Waals surface area (Å²) in [6.45, 7) is 4.83. The average Bonchev–Trinajstić information content (AvgIpc) is 3.06. The van der Waals surface area contributed by atoms with Crippen LogP contribution >= 0.6 is 34.8 Å². The third-order valence-electron chi connectivity index (χ3n) is 7.97. The number of methoxy groups -OCH3 is 1. The van der Waals surface area contributed by atoms with E-state index in [9.17, 15) is 18.0 Å². The van der Waals surface area contributed by atoms with Crippen molar-refractivity contribution in [3.8, 4) is 5.75 Å². The molecule has 2 amide bonds. The molecule has 0 aromatic heterocycles. The molecule has 4 aromatic carbocycles. The second-order valence-corrected chi connectivity index (χ2v) is 14.5. The van der Waals surface area contributed by atoms with Gasteiger partial charge in [0, 0.05) is 34.6 Å². The van der Waals surface area contributed by atoms with E-state index in [4.69, 9.17) is 39.5 Å². The number of nitrogens with zero attached hydrogens (tertiary/aromatic N) is 2. The second kappa shape index (κ2) is 16.6. The van der Waals surface area contributed by atoms with Gasteiger partial charge in [0.25, 0.3) is 10.0 Å². The molecular weight excluding hydrogens is 693 g/mol. The van der Waals surface area contributed by atoms with Gasteiger partial charge >= 0.3 is 0 Å². The van der Waals surface area contributed by atoms with Crippen LogP contribution in [-0.4, -0.2) is 50.9 Å². The summed E-state index contributed by atoms with van der Waals surface area (Å²) in [5.41, 5.74) is 2.22. The second-order valence-electron chi connectivity index (χ2n) is 11.4. The smallest absolute Gasteiger partial charge is 0.264 e. The number of amides is 2. The van der Waals surface area contributed by atoms with Crippen molar-refractivity contribution in [2.24, 2.45) is 0 Å². The molecule has 0 spiro atoms. The summed E-state index contributed by atoms with van der Waals surface area (Å²) in [5, 5.41) is 3.76. The SMILES string of the molecule is CC[C@@H](C)NC(=O)[C@@H](Cc1ccccc1)N(Cc1c(Cl)cccc1Cl)C(=O)CN(c1ccc(OC)c(Cl)c1)S(=O)(=O)c1ccc(C)cc1. The van der Waals surface area contributed by atoms with Gasteiger partial charge in [0.1, 0.15) is 18.3 Å². The zero-order valence-corrected chi connectivity index (χ0v) is 30.2. The highest BCUT2D eigenvalue weighted by Crippen LogP contribution is 2.33. The normalized spacial score (nSPS) is 12.6. The van der Waals surface area contributed by atoms with Crippen LogP contribution in [0.25, 0.3) is 0 Å². The van der Waals surface area contributed by atoms with Gasteiger partial charge in [0.2, 0.25) is 11.8 Å². The van der Waals surface area contributed by atoms with Crippen LogP contribution in [0, 0.1) is 6.92 Å². The minimum absolute atomic E-state index is 0.0242. The lowest BCUT2D eigenvalue weighted by Crippen LogP contribution is -2.54. The Bertz CT molecular complexity index is 1820. The van der Waals surface area contributed by atoms with Gasteiger partial charge in [-0.25, -0.2) is 8.42 Å². The highest BCUT2D eigenvalue weighted by Gasteiger charge is 2.35. The highest BCUT2D eigenvalue weighted by molar-refractivity contribution is 7.92. The molecule has 8 nitrogen and oxygen atoms in total. The van der Waals surface area contributed by atoms with E-state index in [0.717, 1.165) is 15.4 Å². The molecule has 0 aliphatic heterocycles. The van der Waals surface area contributed by atoms with Crippen molar-refractivity contribution in [1.82, 2.24) is 10.2 Å². The van der Waals surface area contributed by atoms with E-state index in [0.29, 0.717) is 27.8 Å². The number of halogens is 3. The Labute approximate surface area is 297 Å². The van der Waals surface area contributed by atoms with Crippen molar-refractivity contribution in [1.29, 1.82) is 0 Å². The molecule has 12 heteroatoms. The molecule has 4 aromatic rings. The number of benzene rings is 4. The lowest BCUT2D eigenvalue weighted by atomic mass is 10.0. The van der Waals surface area contributed by atoms with Gasteiger partial charge in [-0.3, -0.25) is 13.9 Å². The van der Waals surface area contributed by atoms with Crippen LogP contribution in [-0.2, 0) is 32.6 Å². The maximum atomic E-state index is 14.7. The molecule has 2 atom stereocenters. The number of anilines is 1. The van der Waals surface area contributed by atoms with Gasteiger partial charge in [-0.15, -0.1) is 0 Å². The predicted octanol–water partition coefficient (Wildman–Crippen LogP) is 7.71. The summed E-state index contributed by atoms with van der Waals surface area (Å²) >= 11 is 19.6. The molecule has 254 valence electrons. The van der Waals surface area contributed by atoms with E-state index in [2.05, 4.69) is 5.32 Å². The van der Waals surface area contributed by atoms with Crippen LogP contribution in [0.5, 0.6) is 5.75 Å². The third kappa shape index (κ3) is 9.02. The fourth-order valence-electron chi connectivity index (χ4n) is 5.03. The minimum atomic E-state index is -4.32. The molecule has 0 aliphatic rings. The number of carbonyl (C=O) groups excluding carboxylic acids is 2. The number of ether oxygens (including phenoxy) is 1. The Morgan fingerprint density at radius 2 is 1.52 bits per heavy atom. The molecule has 4 rings (SSSR count).